The van der Waals surface area contributed by atoms with Crippen molar-refractivity contribution < 1.29 is 9.53 Å². The number of nitrogens with one attached hydrogen (secondary N) is 1. The molecule has 1 amide bonds. The van der Waals surface area contributed by atoms with E-state index in [-0.39, 0.29) is 18.6 Å². The van der Waals surface area contributed by atoms with Crippen LogP contribution in [0.15, 0.2) is 22.7 Å². The zero-order chi connectivity index (χ0) is 13.8. The zero-order valence-corrected chi connectivity index (χ0v) is 12.9. The summed E-state index contributed by atoms with van der Waals surface area (Å²) in [5.41, 5.74) is 2.08. The van der Waals surface area contributed by atoms with Crippen LogP contribution in [0.2, 0.25) is 0 Å². The predicted molar refractivity (Wildman–Crippen MR) is 79.5 cm³/mol. The second-order valence-corrected chi connectivity index (χ2v) is 5.61. The zero-order valence-electron chi connectivity index (χ0n) is 11.3. The number of hydrogen-bond acceptors (Lipinski definition) is 3. The lowest BCUT2D eigenvalue weighted by molar-refractivity contribution is -0.127. The van der Waals surface area contributed by atoms with Crippen molar-refractivity contribution in [2.75, 3.05) is 31.7 Å². The summed E-state index contributed by atoms with van der Waals surface area (Å²) >= 11 is 3.49. The average molecular weight is 327 g/mol. The van der Waals surface area contributed by atoms with Crippen molar-refractivity contribution in [1.29, 1.82) is 0 Å². The minimum atomic E-state index is 0.0362. The van der Waals surface area contributed by atoms with E-state index < -0.39 is 0 Å². The molecule has 5 heteroatoms. The maximum atomic E-state index is 12.1. The van der Waals surface area contributed by atoms with Crippen molar-refractivity contribution in [1.82, 2.24) is 5.32 Å². The van der Waals surface area contributed by atoms with E-state index in [1.165, 1.54) is 0 Å². The number of morpholine rings is 1. The van der Waals surface area contributed by atoms with Gasteiger partial charge in [0.1, 0.15) is 6.61 Å². The van der Waals surface area contributed by atoms with Crippen LogP contribution < -0.4 is 10.2 Å². The highest BCUT2D eigenvalue weighted by Gasteiger charge is 2.29. The van der Waals surface area contributed by atoms with Crippen LogP contribution in [0, 0.1) is 6.92 Å². The molecule has 4 nitrogen and oxygen atoms in total. The summed E-state index contributed by atoms with van der Waals surface area (Å²) in [5.74, 6) is 0.0362. The first-order valence-electron chi connectivity index (χ1n) is 6.44. The Labute approximate surface area is 122 Å². The number of aryl methyl sites for hydroxylation is 1. The van der Waals surface area contributed by atoms with E-state index in [0.29, 0.717) is 6.61 Å². The Bertz CT molecular complexity index is 465. The van der Waals surface area contributed by atoms with Crippen molar-refractivity contribution in [2.45, 2.75) is 19.4 Å². The fourth-order valence-electron chi connectivity index (χ4n) is 2.29. The molecular formula is C14H19BrN2O2. The third-order valence-corrected chi connectivity index (χ3v) is 4.21. The van der Waals surface area contributed by atoms with Gasteiger partial charge >= 0.3 is 0 Å². The Hall–Kier alpha value is -0.910. The van der Waals surface area contributed by atoms with Crippen LogP contribution in [0.3, 0.4) is 0 Å². The third-order valence-electron chi connectivity index (χ3n) is 3.32. The molecule has 2 rings (SSSR count). The molecule has 1 aliphatic heterocycles. The molecule has 1 aromatic carbocycles. The molecule has 104 valence electrons. The molecule has 1 aromatic rings. The monoisotopic (exact) mass is 326 g/mol. The number of amides is 1. The summed E-state index contributed by atoms with van der Waals surface area (Å²) in [6, 6.07) is 6.11. The Morgan fingerprint density at radius 3 is 3.00 bits per heavy atom. The molecule has 0 bridgehead atoms. The van der Waals surface area contributed by atoms with Crippen molar-refractivity contribution in [3.05, 3.63) is 28.2 Å². The molecule has 0 aromatic heterocycles. The SMILES string of the molecule is CNCCC1COCC(=O)N1c1ccc(Br)c(C)c1. The molecule has 1 saturated heterocycles. The molecular weight excluding hydrogens is 308 g/mol. The quantitative estimate of drug-likeness (QED) is 0.921. The van der Waals surface area contributed by atoms with Crippen molar-refractivity contribution in [2.24, 2.45) is 0 Å². The molecule has 1 atom stereocenters. The van der Waals surface area contributed by atoms with Gasteiger partial charge in [-0.3, -0.25) is 4.79 Å². The second-order valence-electron chi connectivity index (χ2n) is 4.76. The topological polar surface area (TPSA) is 41.6 Å². The molecule has 1 heterocycles. The lowest BCUT2D eigenvalue weighted by Crippen LogP contribution is -2.50. The van der Waals surface area contributed by atoms with Gasteiger partial charge in [0, 0.05) is 10.2 Å². The lowest BCUT2D eigenvalue weighted by atomic mass is 10.1. The minimum absolute atomic E-state index is 0.0362. The van der Waals surface area contributed by atoms with Gasteiger partial charge in [-0.2, -0.15) is 0 Å². The Morgan fingerprint density at radius 2 is 2.32 bits per heavy atom. The van der Waals surface area contributed by atoms with E-state index >= 15 is 0 Å². The number of hydrogen-bond donors (Lipinski definition) is 1. The molecule has 0 saturated carbocycles. The van der Waals surface area contributed by atoms with Gasteiger partial charge in [0.2, 0.25) is 0 Å². The van der Waals surface area contributed by atoms with Gasteiger partial charge in [-0.15, -0.1) is 0 Å². The lowest BCUT2D eigenvalue weighted by Gasteiger charge is -2.35. The van der Waals surface area contributed by atoms with Gasteiger partial charge in [0.05, 0.1) is 12.6 Å². The summed E-state index contributed by atoms with van der Waals surface area (Å²) in [7, 11) is 1.92. The number of ether oxygens (including phenoxy) is 1. The number of nitrogens with zero attached hydrogens (tertiary/aromatic N) is 1. The van der Waals surface area contributed by atoms with E-state index in [9.17, 15) is 4.79 Å². The van der Waals surface area contributed by atoms with Gasteiger partial charge in [-0.05, 0) is 50.7 Å². The molecule has 0 aliphatic carbocycles. The largest absolute Gasteiger partial charge is 0.369 e. The van der Waals surface area contributed by atoms with Crippen LogP contribution in [-0.2, 0) is 9.53 Å². The van der Waals surface area contributed by atoms with E-state index in [1.54, 1.807) is 0 Å². The van der Waals surface area contributed by atoms with Gasteiger partial charge in [0.15, 0.2) is 0 Å². The van der Waals surface area contributed by atoms with Gasteiger partial charge in [-0.1, -0.05) is 15.9 Å². The Kier molecular flexibility index (Phi) is 4.96. The Balaban J connectivity index is 2.25. The number of anilines is 1. The highest BCUT2D eigenvalue weighted by atomic mass is 79.9. The number of carbonyl (C=O) groups excluding carboxylic acids is 1. The summed E-state index contributed by atoms with van der Waals surface area (Å²) in [4.78, 5) is 14.0. The summed E-state index contributed by atoms with van der Waals surface area (Å²) in [6.07, 6.45) is 0.886. The standard InChI is InChI=1S/C14H19BrN2O2/c1-10-7-11(3-4-13(10)15)17-12(5-6-16-2)8-19-9-14(17)18/h3-4,7,12,16H,5-6,8-9H2,1-2H3. The minimum Gasteiger partial charge on any atom is -0.369 e. The molecule has 1 aliphatic rings. The Morgan fingerprint density at radius 1 is 1.53 bits per heavy atom. The van der Waals surface area contributed by atoms with Crippen LogP contribution in [0.1, 0.15) is 12.0 Å². The highest BCUT2D eigenvalue weighted by molar-refractivity contribution is 9.10. The average Bonchev–Trinajstić information content (AvgIpc) is 2.40. The van der Waals surface area contributed by atoms with E-state index in [4.69, 9.17) is 4.74 Å². The van der Waals surface area contributed by atoms with Crippen LogP contribution >= 0.6 is 15.9 Å². The maximum absolute atomic E-state index is 12.1. The molecule has 0 radical (unpaired) electrons. The molecule has 19 heavy (non-hydrogen) atoms. The highest BCUT2D eigenvalue weighted by Crippen LogP contribution is 2.26. The maximum Gasteiger partial charge on any atom is 0.253 e. The third kappa shape index (κ3) is 3.35. The van der Waals surface area contributed by atoms with Crippen LogP contribution in [-0.4, -0.2) is 38.8 Å². The van der Waals surface area contributed by atoms with Crippen molar-refractivity contribution >= 4 is 27.5 Å². The normalized spacial score (nSPS) is 19.8. The van der Waals surface area contributed by atoms with Gasteiger partial charge < -0.3 is 15.0 Å². The van der Waals surface area contributed by atoms with E-state index in [0.717, 1.165) is 28.7 Å². The first-order valence-corrected chi connectivity index (χ1v) is 7.23. The van der Waals surface area contributed by atoms with Crippen LogP contribution in [0.4, 0.5) is 5.69 Å². The van der Waals surface area contributed by atoms with E-state index in [2.05, 4.69) is 21.2 Å². The number of rotatable bonds is 4. The molecule has 1 unspecified atom stereocenters. The number of benzene rings is 1. The van der Waals surface area contributed by atoms with Crippen LogP contribution in [0.5, 0.6) is 0 Å². The number of carbonyl (C=O) groups is 1. The fourth-order valence-corrected chi connectivity index (χ4v) is 2.53. The molecule has 1 N–H and O–H groups in total. The fraction of sp³-hybridized carbons (Fsp3) is 0.500. The molecule has 0 spiro atoms. The van der Waals surface area contributed by atoms with Crippen molar-refractivity contribution in [3.8, 4) is 0 Å². The summed E-state index contributed by atoms with van der Waals surface area (Å²) in [5, 5.41) is 3.12. The number of halogens is 1. The summed E-state index contributed by atoms with van der Waals surface area (Å²) in [6.45, 7) is 3.67. The van der Waals surface area contributed by atoms with Gasteiger partial charge in [0.25, 0.3) is 5.91 Å². The van der Waals surface area contributed by atoms with E-state index in [1.807, 2.05) is 37.1 Å². The smallest absolute Gasteiger partial charge is 0.253 e. The second kappa shape index (κ2) is 6.50. The van der Waals surface area contributed by atoms with Gasteiger partial charge in [-0.25, -0.2) is 0 Å². The predicted octanol–water partition coefficient (Wildman–Crippen LogP) is 2.10. The molecule has 1 fully saturated rings. The van der Waals surface area contributed by atoms with Crippen molar-refractivity contribution in [3.63, 3.8) is 0 Å². The van der Waals surface area contributed by atoms with Crippen LogP contribution in [0.25, 0.3) is 0 Å². The summed E-state index contributed by atoms with van der Waals surface area (Å²) < 4.78 is 6.43. The first kappa shape index (κ1) is 14.5. The first-order chi connectivity index (χ1) is 9.13.